The number of pyridine rings is 1. The van der Waals surface area contributed by atoms with Crippen LogP contribution in [0.5, 0.6) is 0 Å². The van der Waals surface area contributed by atoms with Gasteiger partial charge in [0.15, 0.2) is 0 Å². The van der Waals surface area contributed by atoms with Gasteiger partial charge in [-0.2, -0.15) is 0 Å². The van der Waals surface area contributed by atoms with E-state index in [1.54, 1.807) is 18.2 Å². The second kappa shape index (κ2) is 3.83. The summed E-state index contributed by atoms with van der Waals surface area (Å²) in [6.45, 7) is 0. The molecule has 0 aliphatic carbocycles. The number of nitroso groups, excluding NO2 is 1. The largest absolute Gasteiger partial charge is 0.306 e. The minimum Gasteiger partial charge on any atom is -0.306 e. The van der Waals surface area contributed by atoms with Crippen molar-refractivity contribution in [1.82, 2.24) is 9.38 Å². The first-order chi connectivity index (χ1) is 8.36. The van der Waals surface area contributed by atoms with Crippen LogP contribution in [0.25, 0.3) is 16.9 Å². The number of rotatable bonds is 2. The van der Waals surface area contributed by atoms with Crippen molar-refractivity contribution in [2.75, 3.05) is 0 Å². The van der Waals surface area contributed by atoms with Crippen LogP contribution in [0.1, 0.15) is 0 Å². The van der Waals surface area contributed by atoms with Crippen LogP contribution in [-0.2, 0) is 0 Å². The molecule has 0 radical (unpaired) electrons. The van der Waals surface area contributed by atoms with Gasteiger partial charge in [0.25, 0.3) is 0 Å². The van der Waals surface area contributed by atoms with Gasteiger partial charge >= 0.3 is 0 Å². The smallest absolute Gasteiger partial charge is 0.137 e. The molecule has 0 bridgehead atoms. The van der Waals surface area contributed by atoms with E-state index in [1.807, 2.05) is 41.1 Å². The predicted octanol–water partition coefficient (Wildman–Crippen LogP) is 3.40. The van der Waals surface area contributed by atoms with Gasteiger partial charge in [-0.25, -0.2) is 4.98 Å². The average Bonchev–Trinajstić information content (AvgIpc) is 2.82. The summed E-state index contributed by atoms with van der Waals surface area (Å²) in [7, 11) is 0. The molecule has 0 aliphatic heterocycles. The van der Waals surface area contributed by atoms with Crippen LogP contribution in [-0.4, -0.2) is 9.38 Å². The van der Waals surface area contributed by atoms with Gasteiger partial charge in [-0.1, -0.05) is 18.2 Å². The SMILES string of the molecule is O=Nc1cccc(-c2cn3ccccc3n2)c1. The molecule has 3 rings (SSSR count). The Morgan fingerprint density at radius 1 is 1.12 bits per heavy atom. The van der Waals surface area contributed by atoms with E-state index in [1.165, 1.54) is 0 Å². The monoisotopic (exact) mass is 223 g/mol. The van der Waals surface area contributed by atoms with Crippen molar-refractivity contribution in [3.8, 4) is 11.3 Å². The third-order valence-corrected chi connectivity index (χ3v) is 2.61. The van der Waals surface area contributed by atoms with Crippen LogP contribution < -0.4 is 0 Å². The lowest BCUT2D eigenvalue weighted by Crippen LogP contribution is -1.77. The molecule has 2 aromatic heterocycles. The van der Waals surface area contributed by atoms with Crippen molar-refractivity contribution in [3.63, 3.8) is 0 Å². The van der Waals surface area contributed by atoms with Crippen molar-refractivity contribution in [2.24, 2.45) is 5.18 Å². The van der Waals surface area contributed by atoms with Gasteiger partial charge in [0.05, 0.1) is 5.69 Å². The quantitative estimate of drug-likeness (QED) is 0.625. The maximum Gasteiger partial charge on any atom is 0.137 e. The maximum atomic E-state index is 10.5. The molecular formula is C13H9N3O. The molecule has 0 atom stereocenters. The molecule has 17 heavy (non-hydrogen) atoms. The van der Waals surface area contributed by atoms with E-state index >= 15 is 0 Å². The Balaban J connectivity index is 2.16. The zero-order valence-electron chi connectivity index (χ0n) is 8.95. The molecule has 1 aromatic carbocycles. The molecule has 3 aromatic rings. The lowest BCUT2D eigenvalue weighted by Gasteiger charge is -1.95. The minimum absolute atomic E-state index is 0.416. The van der Waals surface area contributed by atoms with Crippen molar-refractivity contribution in [3.05, 3.63) is 59.8 Å². The fourth-order valence-corrected chi connectivity index (χ4v) is 1.80. The third kappa shape index (κ3) is 1.69. The van der Waals surface area contributed by atoms with E-state index in [9.17, 15) is 4.91 Å². The van der Waals surface area contributed by atoms with Gasteiger partial charge in [-0.3, -0.25) is 0 Å². The predicted molar refractivity (Wildman–Crippen MR) is 66.1 cm³/mol. The highest BCUT2D eigenvalue weighted by Gasteiger charge is 2.04. The summed E-state index contributed by atoms with van der Waals surface area (Å²) in [5, 5.41) is 2.93. The topological polar surface area (TPSA) is 46.7 Å². The molecule has 0 amide bonds. The van der Waals surface area contributed by atoms with Crippen LogP contribution in [0, 0.1) is 4.91 Å². The molecule has 0 N–H and O–H groups in total. The van der Waals surface area contributed by atoms with Gasteiger partial charge in [-0.15, -0.1) is 4.91 Å². The van der Waals surface area contributed by atoms with E-state index in [4.69, 9.17) is 0 Å². The van der Waals surface area contributed by atoms with E-state index in [-0.39, 0.29) is 0 Å². The molecule has 2 heterocycles. The summed E-state index contributed by atoms with van der Waals surface area (Å²) in [4.78, 5) is 15.0. The Morgan fingerprint density at radius 3 is 2.88 bits per heavy atom. The summed E-state index contributed by atoms with van der Waals surface area (Å²) in [6, 6.07) is 12.9. The number of benzene rings is 1. The summed E-state index contributed by atoms with van der Waals surface area (Å²) in [6.07, 6.45) is 3.87. The van der Waals surface area contributed by atoms with Crippen LogP contribution in [0.4, 0.5) is 5.69 Å². The molecule has 4 heteroatoms. The van der Waals surface area contributed by atoms with E-state index in [0.29, 0.717) is 5.69 Å². The Kier molecular flexibility index (Phi) is 2.19. The van der Waals surface area contributed by atoms with Gasteiger partial charge in [0.2, 0.25) is 0 Å². The highest BCUT2D eigenvalue weighted by atomic mass is 16.3. The molecule has 0 fully saturated rings. The van der Waals surface area contributed by atoms with Gasteiger partial charge in [0.1, 0.15) is 11.3 Å². The summed E-state index contributed by atoms with van der Waals surface area (Å²) in [5.41, 5.74) is 3.03. The Morgan fingerprint density at radius 2 is 2.06 bits per heavy atom. The van der Waals surface area contributed by atoms with E-state index in [0.717, 1.165) is 16.9 Å². The Labute approximate surface area is 97.5 Å². The van der Waals surface area contributed by atoms with Crippen LogP contribution in [0.3, 0.4) is 0 Å². The van der Waals surface area contributed by atoms with Crippen LogP contribution in [0.15, 0.2) is 60.0 Å². The standard InChI is InChI=1S/C13H9N3O/c17-15-11-5-3-4-10(8-11)12-9-16-7-2-1-6-13(16)14-12/h1-9H. The van der Waals surface area contributed by atoms with Gasteiger partial charge in [0, 0.05) is 18.0 Å². The molecule has 82 valence electrons. The molecule has 0 aliphatic rings. The zero-order valence-corrected chi connectivity index (χ0v) is 8.95. The molecule has 0 saturated carbocycles. The second-order valence-electron chi connectivity index (χ2n) is 3.73. The van der Waals surface area contributed by atoms with Crippen molar-refractivity contribution in [1.29, 1.82) is 0 Å². The Hall–Kier alpha value is -2.49. The number of fused-ring (bicyclic) bond motifs is 1. The van der Waals surface area contributed by atoms with E-state index in [2.05, 4.69) is 10.2 Å². The molecule has 4 nitrogen and oxygen atoms in total. The maximum absolute atomic E-state index is 10.5. The highest BCUT2D eigenvalue weighted by molar-refractivity contribution is 5.66. The number of aromatic nitrogens is 2. The third-order valence-electron chi connectivity index (χ3n) is 2.61. The summed E-state index contributed by atoms with van der Waals surface area (Å²) >= 11 is 0. The van der Waals surface area contributed by atoms with Gasteiger partial charge < -0.3 is 4.40 Å². The summed E-state index contributed by atoms with van der Waals surface area (Å²) < 4.78 is 1.94. The molecule has 0 spiro atoms. The van der Waals surface area contributed by atoms with Crippen LogP contribution >= 0.6 is 0 Å². The molecule has 0 unspecified atom stereocenters. The van der Waals surface area contributed by atoms with Crippen molar-refractivity contribution in [2.45, 2.75) is 0 Å². The first-order valence-electron chi connectivity index (χ1n) is 5.24. The number of nitrogens with zero attached hydrogens (tertiary/aromatic N) is 3. The number of imidazole rings is 1. The number of hydrogen-bond acceptors (Lipinski definition) is 3. The zero-order chi connectivity index (χ0) is 11.7. The lowest BCUT2D eigenvalue weighted by atomic mass is 10.1. The van der Waals surface area contributed by atoms with Gasteiger partial charge in [-0.05, 0) is 29.4 Å². The van der Waals surface area contributed by atoms with Crippen LogP contribution in [0.2, 0.25) is 0 Å². The Bertz CT molecular complexity index is 655. The first-order valence-corrected chi connectivity index (χ1v) is 5.24. The van der Waals surface area contributed by atoms with E-state index < -0.39 is 0 Å². The second-order valence-corrected chi connectivity index (χ2v) is 3.73. The fraction of sp³-hybridized carbons (Fsp3) is 0. The highest BCUT2D eigenvalue weighted by Crippen LogP contribution is 2.23. The fourth-order valence-electron chi connectivity index (χ4n) is 1.80. The normalized spacial score (nSPS) is 10.6. The lowest BCUT2D eigenvalue weighted by molar-refractivity contribution is 1.19. The number of hydrogen-bond donors (Lipinski definition) is 0. The summed E-state index contributed by atoms with van der Waals surface area (Å²) in [5.74, 6) is 0. The first kappa shape index (κ1) is 9.72. The van der Waals surface area contributed by atoms with Crippen molar-refractivity contribution >= 4 is 11.3 Å². The van der Waals surface area contributed by atoms with Crippen molar-refractivity contribution < 1.29 is 0 Å². The molecular weight excluding hydrogens is 214 g/mol. The molecule has 0 saturated heterocycles. The minimum atomic E-state index is 0.416. The average molecular weight is 223 g/mol.